The van der Waals surface area contributed by atoms with E-state index in [0.29, 0.717) is 11.7 Å². The Morgan fingerprint density at radius 1 is 1.47 bits per heavy atom. The molecule has 2 rings (SSSR count). The fraction of sp³-hybridized carbons (Fsp3) is 0.500. The lowest BCUT2D eigenvalue weighted by Gasteiger charge is -2.25. The van der Waals surface area contributed by atoms with Crippen LogP contribution in [0.5, 0.6) is 0 Å². The zero-order chi connectivity index (χ0) is 10.7. The molecular weight excluding hydrogens is 191 g/mol. The summed E-state index contributed by atoms with van der Waals surface area (Å²) in [5.41, 5.74) is 1.63. The molecule has 1 unspecified atom stereocenters. The summed E-state index contributed by atoms with van der Waals surface area (Å²) in [5.74, 6) is -0.152. The smallest absolute Gasteiger partial charge is 0.146 e. The molecule has 0 aliphatic carbocycles. The van der Waals surface area contributed by atoms with E-state index in [1.54, 1.807) is 6.07 Å². The summed E-state index contributed by atoms with van der Waals surface area (Å²) in [5, 5.41) is 6.59. The molecule has 0 amide bonds. The van der Waals surface area contributed by atoms with E-state index >= 15 is 0 Å². The molecule has 0 bridgehead atoms. The lowest BCUT2D eigenvalue weighted by atomic mass is 10.1. The number of para-hydroxylation sites is 1. The first-order chi connectivity index (χ1) is 7.27. The van der Waals surface area contributed by atoms with Gasteiger partial charge in [0.1, 0.15) is 5.82 Å². The second-order valence-electron chi connectivity index (χ2n) is 4.12. The topological polar surface area (TPSA) is 24.1 Å². The summed E-state index contributed by atoms with van der Waals surface area (Å²) in [4.78, 5) is 0. The van der Waals surface area contributed by atoms with Crippen molar-refractivity contribution < 1.29 is 4.39 Å². The third-order valence-electron chi connectivity index (χ3n) is 2.87. The van der Waals surface area contributed by atoms with Gasteiger partial charge >= 0.3 is 0 Å². The van der Waals surface area contributed by atoms with Gasteiger partial charge in [-0.15, -0.1) is 0 Å². The molecule has 0 radical (unpaired) electrons. The highest BCUT2D eigenvalue weighted by atomic mass is 19.1. The van der Waals surface area contributed by atoms with Crippen molar-refractivity contribution in [3.63, 3.8) is 0 Å². The predicted octanol–water partition coefficient (Wildman–Crippen LogP) is 2.30. The molecule has 2 N–H and O–H groups in total. The molecule has 15 heavy (non-hydrogen) atoms. The maximum Gasteiger partial charge on any atom is 0.146 e. The first-order valence-corrected chi connectivity index (χ1v) is 5.50. The summed E-state index contributed by atoms with van der Waals surface area (Å²) >= 11 is 0. The van der Waals surface area contributed by atoms with E-state index in [2.05, 4.69) is 10.6 Å². The molecular formula is C12H17FN2. The Balaban J connectivity index is 2.09. The molecule has 3 heteroatoms. The Morgan fingerprint density at radius 3 is 3.00 bits per heavy atom. The summed E-state index contributed by atoms with van der Waals surface area (Å²) in [7, 11) is 0. The van der Waals surface area contributed by atoms with E-state index in [1.807, 2.05) is 13.0 Å². The van der Waals surface area contributed by atoms with Crippen molar-refractivity contribution in [1.29, 1.82) is 0 Å². The standard InChI is InChI=1S/C12H17FN2/c1-9-4-2-6-11(13)12(9)15-10-5-3-7-14-8-10/h2,4,6,10,14-15H,3,5,7-8H2,1H3. The first kappa shape index (κ1) is 10.4. The third kappa shape index (κ3) is 2.48. The molecule has 1 aromatic rings. The Morgan fingerprint density at radius 2 is 2.33 bits per heavy atom. The number of halogens is 1. The van der Waals surface area contributed by atoms with Gasteiger partial charge in [-0.2, -0.15) is 0 Å². The van der Waals surface area contributed by atoms with Crippen LogP contribution >= 0.6 is 0 Å². The number of piperidine rings is 1. The fourth-order valence-electron chi connectivity index (χ4n) is 1.99. The number of anilines is 1. The summed E-state index contributed by atoms with van der Waals surface area (Å²) in [6.07, 6.45) is 2.27. The minimum absolute atomic E-state index is 0.152. The number of rotatable bonds is 2. The zero-order valence-electron chi connectivity index (χ0n) is 9.02. The molecule has 2 nitrogen and oxygen atoms in total. The highest BCUT2D eigenvalue weighted by Crippen LogP contribution is 2.21. The summed E-state index contributed by atoms with van der Waals surface area (Å²) in [6.45, 7) is 3.93. The number of benzene rings is 1. The van der Waals surface area contributed by atoms with Crippen LogP contribution in [-0.4, -0.2) is 19.1 Å². The quantitative estimate of drug-likeness (QED) is 0.779. The first-order valence-electron chi connectivity index (χ1n) is 5.50. The number of hydrogen-bond acceptors (Lipinski definition) is 2. The van der Waals surface area contributed by atoms with Crippen LogP contribution in [0.3, 0.4) is 0 Å². The Kier molecular flexibility index (Phi) is 3.21. The molecule has 0 spiro atoms. The Labute approximate surface area is 89.9 Å². The van der Waals surface area contributed by atoms with Crippen molar-refractivity contribution in [2.24, 2.45) is 0 Å². The van der Waals surface area contributed by atoms with Crippen LogP contribution in [0.1, 0.15) is 18.4 Å². The normalized spacial score (nSPS) is 21.3. The van der Waals surface area contributed by atoms with Gasteiger partial charge in [0.25, 0.3) is 0 Å². The average molecular weight is 208 g/mol. The molecule has 1 saturated heterocycles. The van der Waals surface area contributed by atoms with Gasteiger partial charge in [-0.1, -0.05) is 12.1 Å². The maximum atomic E-state index is 13.5. The van der Waals surface area contributed by atoms with E-state index in [9.17, 15) is 4.39 Å². The van der Waals surface area contributed by atoms with Crippen LogP contribution in [0.2, 0.25) is 0 Å². The van der Waals surface area contributed by atoms with Gasteiger partial charge < -0.3 is 10.6 Å². The van der Waals surface area contributed by atoms with Gasteiger partial charge in [0.05, 0.1) is 5.69 Å². The minimum Gasteiger partial charge on any atom is -0.378 e. The molecule has 0 aromatic heterocycles. The number of aryl methyl sites for hydroxylation is 1. The van der Waals surface area contributed by atoms with Crippen LogP contribution in [0, 0.1) is 12.7 Å². The predicted molar refractivity (Wildman–Crippen MR) is 60.7 cm³/mol. The highest BCUT2D eigenvalue weighted by molar-refractivity contribution is 5.52. The van der Waals surface area contributed by atoms with Gasteiger partial charge in [-0.05, 0) is 37.9 Å². The van der Waals surface area contributed by atoms with E-state index < -0.39 is 0 Å². The van der Waals surface area contributed by atoms with Gasteiger partial charge in [0.15, 0.2) is 0 Å². The van der Waals surface area contributed by atoms with Crippen LogP contribution in [0.25, 0.3) is 0 Å². The Bertz CT molecular complexity index is 312. The second kappa shape index (κ2) is 4.62. The van der Waals surface area contributed by atoms with Crippen molar-refractivity contribution >= 4 is 5.69 Å². The van der Waals surface area contributed by atoms with E-state index in [4.69, 9.17) is 0 Å². The van der Waals surface area contributed by atoms with Crippen molar-refractivity contribution in [2.45, 2.75) is 25.8 Å². The summed E-state index contributed by atoms with van der Waals surface area (Å²) < 4.78 is 13.5. The maximum absolute atomic E-state index is 13.5. The third-order valence-corrected chi connectivity index (χ3v) is 2.87. The molecule has 1 aromatic carbocycles. The van der Waals surface area contributed by atoms with Crippen molar-refractivity contribution in [2.75, 3.05) is 18.4 Å². The minimum atomic E-state index is -0.152. The molecule has 1 aliphatic rings. The van der Waals surface area contributed by atoms with E-state index in [0.717, 1.165) is 31.5 Å². The Hall–Kier alpha value is -1.09. The molecule has 1 atom stereocenters. The SMILES string of the molecule is Cc1cccc(F)c1NC1CCCNC1. The highest BCUT2D eigenvalue weighted by Gasteiger charge is 2.15. The molecule has 82 valence electrons. The van der Waals surface area contributed by atoms with Crippen molar-refractivity contribution in [3.8, 4) is 0 Å². The number of hydrogen-bond donors (Lipinski definition) is 2. The summed E-state index contributed by atoms with van der Waals surface area (Å²) in [6, 6.07) is 5.54. The molecule has 1 heterocycles. The lowest BCUT2D eigenvalue weighted by molar-refractivity contribution is 0.477. The van der Waals surface area contributed by atoms with Crippen LogP contribution < -0.4 is 10.6 Å². The van der Waals surface area contributed by atoms with Crippen molar-refractivity contribution in [3.05, 3.63) is 29.6 Å². The largest absolute Gasteiger partial charge is 0.378 e. The van der Waals surface area contributed by atoms with Crippen molar-refractivity contribution in [1.82, 2.24) is 5.32 Å². The number of nitrogens with one attached hydrogen (secondary N) is 2. The van der Waals surface area contributed by atoms with Crippen LogP contribution in [0.4, 0.5) is 10.1 Å². The van der Waals surface area contributed by atoms with Gasteiger partial charge in [0.2, 0.25) is 0 Å². The lowest BCUT2D eigenvalue weighted by Crippen LogP contribution is -2.38. The zero-order valence-corrected chi connectivity index (χ0v) is 9.02. The van der Waals surface area contributed by atoms with E-state index in [-0.39, 0.29) is 5.82 Å². The van der Waals surface area contributed by atoms with Crippen LogP contribution in [0.15, 0.2) is 18.2 Å². The fourth-order valence-corrected chi connectivity index (χ4v) is 1.99. The molecule has 1 aliphatic heterocycles. The van der Waals surface area contributed by atoms with Gasteiger partial charge in [0, 0.05) is 12.6 Å². The molecule has 0 saturated carbocycles. The average Bonchev–Trinajstić information content (AvgIpc) is 2.25. The molecule has 1 fully saturated rings. The van der Waals surface area contributed by atoms with Gasteiger partial charge in [-0.3, -0.25) is 0 Å². The second-order valence-corrected chi connectivity index (χ2v) is 4.12. The van der Waals surface area contributed by atoms with Gasteiger partial charge in [-0.25, -0.2) is 4.39 Å². The monoisotopic (exact) mass is 208 g/mol. The van der Waals surface area contributed by atoms with Crippen LogP contribution in [-0.2, 0) is 0 Å². The van der Waals surface area contributed by atoms with E-state index in [1.165, 1.54) is 6.07 Å².